The second-order valence-electron chi connectivity index (χ2n) is 3.45. The van der Waals surface area contributed by atoms with Gasteiger partial charge in [-0.2, -0.15) is 9.65 Å². The summed E-state index contributed by atoms with van der Waals surface area (Å²) in [6, 6.07) is 17.1. The molecule has 0 heterocycles. The van der Waals surface area contributed by atoms with Crippen molar-refractivity contribution < 1.29 is 9.13 Å². The van der Waals surface area contributed by atoms with Gasteiger partial charge in [-0.3, -0.25) is 0 Å². The number of benzene rings is 2. The van der Waals surface area contributed by atoms with Crippen LogP contribution in [0, 0.1) is 11.3 Å². The second-order valence-corrected chi connectivity index (χ2v) is 3.45. The van der Waals surface area contributed by atoms with Crippen LogP contribution in [0.25, 0.3) is 0 Å². The topological polar surface area (TPSA) is 33.0 Å². The maximum atomic E-state index is 13.8. The van der Waals surface area contributed by atoms with Crippen molar-refractivity contribution in [3.8, 4) is 11.8 Å². The van der Waals surface area contributed by atoms with E-state index in [4.69, 9.17) is 10.00 Å². The van der Waals surface area contributed by atoms with Gasteiger partial charge in [-0.25, -0.2) is 0 Å². The lowest BCUT2D eigenvalue weighted by molar-refractivity contribution is 0.0668. The van der Waals surface area contributed by atoms with Crippen LogP contribution in [0.3, 0.4) is 0 Å². The van der Waals surface area contributed by atoms with Crippen molar-refractivity contribution in [3.05, 3.63) is 65.7 Å². The highest BCUT2D eigenvalue weighted by Crippen LogP contribution is 2.25. The van der Waals surface area contributed by atoms with Gasteiger partial charge in [-0.15, -0.1) is 0 Å². The fourth-order valence-electron chi connectivity index (χ4n) is 1.45. The Bertz CT molecular complexity index is 533. The molecule has 1 unspecified atom stereocenters. The van der Waals surface area contributed by atoms with Crippen molar-refractivity contribution in [2.45, 2.75) is 6.36 Å². The molecule has 0 aromatic heterocycles. The maximum Gasteiger partial charge on any atom is 0.264 e. The number of rotatable bonds is 3. The molecule has 0 saturated carbocycles. The molecule has 0 saturated heterocycles. The van der Waals surface area contributed by atoms with Gasteiger partial charge in [-0.1, -0.05) is 42.5 Å². The number of ether oxygens (including phenoxy) is 1. The van der Waals surface area contributed by atoms with Crippen LogP contribution in [0.2, 0.25) is 0 Å². The van der Waals surface area contributed by atoms with E-state index in [1.54, 1.807) is 54.6 Å². The molecule has 2 rings (SSSR count). The molecule has 84 valence electrons. The zero-order valence-electron chi connectivity index (χ0n) is 9.01. The third-order valence-electron chi connectivity index (χ3n) is 2.30. The van der Waals surface area contributed by atoms with E-state index in [0.29, 0.717) is 11.1 Å². The SMILES string of the molecule is N#Cc1ccccc1OC(F)c1ccccc1. The molecule has 1 atom stereocenters. The molecular weight excluding hydrogens is 217 g/mol. The van der Waals surface area contributed by atoms with Gasteiger partial charge in [0.2, 0.25) is 0 Å². The van der Waals surface area contributed by atoms with Crippen LogP contribution >= 0.6 is 0 Å². The number of nitrogens with zero attached hydrogens (tertiary/aromatic N) is 1. The highest BCUT2D eigenvalue weighted by Gasteiger charge is 2.12. The molecule has 2 aromatic rings. The molecule has 17 heavy (non-hydrogen) atoms. The minimum Gasteiger partial charge on any atom is -0.455 e. The number of hydrogen-bond donors (Lipinski definition) is 0. The molecule has 0 fully saturated rings. The Balaban J connectivity index is 2.19. The first-order chi connectivity index (χ1) is 8.31. The van der Waals surface area contributed by atoms with Gasteiger partial charge >= 0.3 is 0 Å². The van der Waals surface area contributed by atoms with E-state index < -0.39 is 6.36 Å². The van der Waals surface area contributed by atoms with E-state index in [-0.39, 0.29) is 5.75 Å². The fourth-order valence-corrected chi connectivity index (χ4v) is 1.45. The van der Waals surface area contributed by atoms with Crippen LogP contribution in [-0.2, 0) is 0 Å². The largest absolute Gasteiger partial charge is 0.455 e. The zero-order chi connectivity index (χ0) is 12.1. The van der Waals surface area contributed by atoms with Crippen molar-refractivity contribution in [2.75, 3.05) is 0 Å². The smallest absolute Gasteiger partial charge is 0.264 e. The molecule has 0 amide bonds. The first-order valence-corrected chi connectivity index (χ1v) is 5.16. The quantitative estimate of drug-likeness (QED) is 0.802. The Labute approximate surface area is 98.9 Å². The van der Waals surface area contributed by atoms with E-state index >= 15 is 0 Å². The summed E-state index contributed by atoms with van der Waals surface area (Å²) < 4.78 is 18.9. The predicted molar refractivity (Wildman–Crippen MR) is 62.1 cm³/mol. The molecule has 2 aromatic carbocycles. The average molecular weight is 227 g/mol. The fraction of sp³-hybridized carbons (Fsp3) is 0.0714. The highest BCUT2D eigenvalue weighted by molar-refractivity contribution is 5.42. The molecule has 0 aliphatic carbocycles. The second kappa shape index (κ2) is 5.13. The van der Waals surface area contributed by atoms with Gasteiger partial charge in [0.15, 0.2) is 0 Å². The van der Waals surface area contributed by atoms with Gasteiger partial charge in [0.1, 0.15) is 11.8 Å². The van der Waals surface area contributed by atoms with Gasteiger partial charge in [0.25, 0.3) is 6.36 Å². The third-order valence-corrected chi connectivity index (χ3v) is 2.30. The first kappa shape index (κ1) is 11.2. The summed E-state index contributed by atoms with van der Waals surface area (Å²) >= 11 is 0. The van der Waals surface area contributed by atoms with Crippen molar-refractivity contribution in [2.24, 2.45) is 0 Å². The van der Waals surface area contributed by atoms with Crippen LogP contribution in [0.15, 0.2) is 54.6 Å². The number of halogens is 1. The number of nitriles is 1. The van der Waals surface area contributed by atoms with E-state index in [2.05, 4.69) is 0 Å². The lowest BCUT2D eigenvalue weighted by Crippen LogP contribution is -2.02. The van der Waals surface area contributed by atoms with Gasteiger partial charge in [0.05, 0.1) is 5.56 Å². The van der Waals surface area contributed by atoms with Gasteiger partial charge < -0.3 is 4.74 Å². The van der Waals surface area contributed by atoms with Crippen molar-refractivity contribution in [3.63, 3.8) is 0 Å². The lowest BCUT2D eigenvalue weighted by Gasteiger charge is -2.12. The first-order valence-electron chi connectivity index (χ1n) is 5.16. The number of alkyl halides is 1. The molecule has 0 radical (unpaired) electrons. The Hall–Kier alpha value is -2.34. The predicted octanol–water partition coefficient (Wildman–Crippen LogP) is 3.61. The molecule has 0 N–H and O–H groups in total. The zero-order valence-corrected chi connectivity index (χ0v) is 9.01. The summed E-state index contributed by atoms with van der Waals surface area (Å²) in [5.74, 6) is 0.256. The van der Waals surface area contributed by atoms with Gasteiger partial charge in [-0.05, 0) is 12.1 Å². The summed E-state index contributed by atoms with van der Waals surface area (Å²) in [4.78, 5) is 0. The van der Waals surface area contributed by atoms with Crippen LogP contribution in [0.5, 0.6) is 5.75 Å². The summed E-state index contributed by atoms with van der Waals surface area (Å²) in [5.41, 5.74) is 0.756. The van der Waals surface area contributed by atoms with Crippen molar-refractivity contribution >= 4 is 0 Å². The molecule has 0 bridgehead atoms. The molecule has 2 nitrogen and oxygen atoms in total. The van der Waals surface area contributed by atoms with Crippen LogP contribution in [0.1, 0.15) is 17.5 Å². The average Bonchev–Trinajstić information content (AvgIpc) is 2.40. The Kier molecular flexibility index (Phi) is 3.37. The summed E-state index contributed by atoms with van der Waals surface area (Å²) in [5, 5.41) is 8.85. The molecule has 3 heteroatoms. The van der Waals surface area contributed by atoms with E-state index in [9.17, 15) is 4.39 Å². The monoisotopic (exact) mass is 227 g/mol. The normalized spacial score (nSPS) is 11.5. The minimum absolute atomic E-state index is 0.256. The molecular formula is C14H10FNO. The minimum atomic E-state index is -1.56. The van der Waals surface area contributed by atoms with Crippen molar-refractivity contribution in [1.29, 1.82) is 5.26 Å². The molecule has 0 aliphatic rings. The Morgan fingerprint density at radius 3 is 2.35 bits per heavy atom. The van der Waals surface area contributed by atoms with Crippen LogP contribution < -0.4 is 4.74 Å². The highest BCUT2D eigenvalue weighted by atomic mass is 19.1. The number of hydrogen-bond acceptors (Lipinski definition) is 2. The van der Waals surface area contributed by atoms with Crippen molar-refractivity contribution in [1.82, 2.24) is 0 Å². The van der Waals surface area contributed by atoms with Crippen LogP contribution in [0.4, 0.5) is 4.39 Å². The summed E-state index contributed by atoms with van der Waals surface area (Å²) in [6.07, 6.45) is -1.56. The summed E-state index contributed by atoms with van der Waals surface area (Å²) in [6.45, 7) is 0. The van der Waals surface area contributed by atoms with E-state index in [1.807, 2.05) is 6.07 Å². The van der Waals surface area contributed by atoms with E-state index in [0.717, 1.165) is 0 Å². The Morgan fingerprint density at radius 1 is 1.00 bits per heavy atom. The van der Waals surface area contributed by atoms with Crippen LogP contribution in [-0.4, -0.2) is 0 Å². The van der Waals surface area contributed by atoms with Gasteiger partial charge in [0, 0.05) is 5.56 Å². The molecule has 0 aliphatic heterocycles. The maximum absolute atomic E-state index is 13.8. The number of para-hydroxylation sites is 1. The summed E-state index contributed by atoms with van der Waals surface area (Å²) in [7, 11) is 0. The molecule has 0 spiro atoms. The third kappa shape index (κ3) is 2.61. The standard InChI is InChI=1S/C14H10FNO/c15-14(11-6-2-1-3-7-11)17-13-9-5-4-8-12(13)10-16/h1-9,14H. The lowest BCUT2D eigenvalue weighted by atomic mass is 10.2. The Morgan fingerprint density at radius 2 is 1.65 bits per heavy atom. The van der Waals surface area contributed by atoms with E-state index in [1.165, 1.54) is 0 Å².